The molecule has 0 aromatic carbocycles. The van der Waals surface area contributed by atoms with Crippen LogP contribution in [-0.2, 0) is 12.8 Å². The molecule has 2 rings (SSSR count). The lowest BCUT2D eigenvalue weighted by Gasteiger charge is -2.02. The predicted molar refractivity (Wildman–Crippen MR) is 62.6 cm³/mol. The van der Waals surface area contributed by atoms with Crippen molar-refractivity contribution in [2.24, 2.45) is 7.05 Å². The van der Waals surface area contributed by atoms with Crippen LogP contribution in [0.1, 0.15) is 5.69 Å². The second-order valence-electron chi connectivity index (χ2n) is 2.94. The van der Waals surface area contributed by atoms with E-state index in [1.165, 1.54) is 11.8 Å². The standard InChI is InChI=1S/C8H7Cl2N5S/c1-15-8(12-13-14-15)16-4-6-5(9)2-3-7(10)11-6/h2-3H,4H2,1H3. The molecule has 8 heteroatoms. The average Bonchev–Trinajstić information content (AvgIpc) is 2.66. The van der Waals surface area contributed by atoms with E-state index in [2.05, 4.69) is 20.5 Å². The van der Waals surface area contributed by atoms with E-state index in [9.17, 15) is 0 Å². The van der Waals surface area contributed by atoms with Crippen molar-refractivity contribution in [2.75, 3.05) is 0 Å². The molecule has 2 heterocycles. The second-order valence-corrected chi connectivity index (χ2v) is 4.67. The number of halogens is 2. The number of hydrogen-bond donors (Lipinski definition) is 0. The summed E-state index contributed by atoms with van der Waals surface area (Å²) in [5.41, 5.74) is 0.724. The summed E-state index contributed by atoms with van der Waals surface area (Å²) in [6, 6.07) is 3.38. The van der Waals surface area contributed by atoms with E-state index in [0.717, 1.165) is 5.69 Å². The van der Waals surface area contributed by atoms with Gasteiger partial charge in [0.1, 0.15) is 5.15 Å². The molecular weight excluding hydrogens is 269 g/mol. The first-order valence-corrected chi connectivity index (χ1v) is 6.07. The molecule has 0 atom stereocenters. The highest BCUT2D eigenvalue weighted by atomic mass is 35.5. The topological polar surface area (TPSA) is 56.5 Å². The first-order valence-electron chi connectivity index (χ1n) is 4.33. The number of aromatic nitrogens is 5. The van der Waals surface area contributed by atoms with Crippen LogP contribution < -0.4 is 0 Å². The molecule has 0 radical (unpaired) electrons. The van der Waals surface area contributed by atoms with E-state index in [0.29, 0.717) is 21.1 Å². The molecule has 16 heavy (non-hydrogen) atoms. The van der Waals surface area contributed by atoms with Gasteiger partial charge in [0.2, 0.25) is 5.16 Å². The van der Waals surface area contributed by atoms with Crippen molar-refractivity contribution >= 4 is 35.0 Å². The molecule has 84 valence electrons. The van der Waals surface area contributed by atoms with Gasteiger partial charge in [0.15, 0.2) is 0 Å². The Labute approximate surface area is 106 Å². The van der Waals surface area contributed by atoms with Crippen molar-refractivity contribution in [3.63, 3.8) is 0 Å². The number of aryl methyl sites for hydroxylation is 1. The van der Waals surface area contributed by atoms with Gasteiger partial charge < -0.3 is 0 Å². The molecule has 5 nitrogen and oxygen atoms in total. The van der Waals surface area contributed by atoms with Gasteiger partial charge in [0.05, 0.1) is 10.7 Å². The van der Waals surface area contributed by atoms with E-state index >= 15 is 0 Å². The Morgan fingerprint density at radius 2 is 2.19 bits per heavy atom. The highest BCUT2D eigenvalue weighted by Gasteiger charge is 2.07. The fourth-order valence-electron chi connectivity index (χ4n) is 1.04. The molecule has 0 spiro atoms. The van der Waals surface area contributed by atoms with Crippen molar-refractivity contribution in [1.29, 1.82) is 0 Å². The van der Waals surface area contributed by atoms with Gasteiger partial charge in [0, 0.05) is 12.8 Å². The van der Waals surface area contributed by atoms with Gasteiger partial charge in [-0.1, -0.05) is 35.0 Å². The molecule has 0 aliphatic carbocycles. The first-order chi connectivity index (χ1) is 7.66. The van der Waals surface area contributed by atoms with Crippen molar-refractivity contribution in [3.8, 4) is 0 Å². The second kappa shape index (κ2) is 4.99. The summed E-state index contributed by atoms with van der Waals surface area (Å²) in [6.07, 6.45) is 0. The van der Waals surface area contributed by atoms with Crippen LogP contribution >= 0.6 is 35.0 Å². The van der Waals surface area contributed by atoms with Crippen LogP contribution in [0.15, 0.2) is 17.3 Å². The Morgan fingerprint density at radius 1 is 1.38 bits per heavy atom. The van der Waals surface area contributed by atoms with Crippen molar-refractivity contribution in [3.05, 3.63) is 28.0 Å². The lowest BCUT2D eigenvalue weighted by Crippen LogP contribution is -1.95. The smallest absolute Gasteiger partial charge is 0.209 e. The van der Waals surface area contributed by atoms with Crippen LogP contribution in [0.3, 0.4) is 0 Å². The van der Waals surface area contributed by atoms with Crippen LogP contribution in [-0.4, -0.2) is 25.2 Å². The van der Waals surface area contributed by atoms with Gasteiger partial charge in [-0.3, -0.25) is 0 Å². The summed E-state index contributed by atoms with van der Waals surface area (Å²) >= 11 is 13.2. The Bertz CT molecular complexity index is 501. The van der Waals surface area contributed by atoms with Crippen LogP contribution in [0, 0.1) is 0 Å². The number of thioether (sulfide) groups is 1. The van der Waals surface area contributed by atoms with E-state index in [1.54, 1.807) is 23.9 Å². The number of hydrogen-bond acceptors (Lipinski definition) is 5. The van der Waals surface area contributed by atoms with Crippen LogP contribution in [0.4, 0.5) is 0 Å². The van der Waals surface area contributed by atoms with Gasteiger partial charge in [-0.2, -0.15) is 0 Å². The van der Waals surface area contributed by atoms with E-state index in [4.69, 9.17) is 23.2 Å². The number of rotatable bonds is 3. The van der Waals surface area contributed by atoms with E-state index < -0.39 is 0 Å². The third-order valence-corrected chi connectivity index (χ3v) is 3.38. The van der Waals surface area contributed by atoms with Crippen molar-refractivity contribution in [2.45, 2.75) is 10.9 Å². The summed E-state index contributed by atoms with van der Waals surface area (Å²) in [5.74, 6) is 0.577. The predicted octanol–water partition coefficient (Wildman–Crippen LogP) is 2.20. The van der Waals surface area contributed by atoms with Gasteiger partial charge >= 0.3 is 0 Å². The van der Waals surface area contributed by atoms with Gasteiger partial charge in [-0.05, 0) is 22.6 Å². The van der Waals surface area contributed by atoms with Gasteiger partial charge in [-0.15, -0.1) is 5.10 Å². The zero-order valence-electron chi connectivity index (χ0n) is 8.26. The molecule has 0 aliphatic rings. The molecule has 0 N–H and O–H groups in total. The molecule has 2 aromatic rings. The maximum absolute atomic E-state index is 5.98. The van der Waals surface area contributed by atoms with Crippen molar-refractivity contribution in [1.82, 2.24) is 25.2 Å². The summed E-state index contributed by atoms with van der Waals surface area (Å²) in [4.78, 5) is 4.14. The average molecular weight is 276 g/mol. The van der Waals surface area contributed by atoms with Crippen LogP contribution in [0.25, 0.3) is 0 Å². The molecule has 0 aliphatic heterocycles. The minimum absolute atomic E-state index is 0.427. The molecule has 2 aromatic heterocycles. The van der Waals surface area contributed by atoms with Crippen LogP contribution in [0.2, 0.25) is 10.2 Å². The monoisotopic (exact) mass is 275 g/mol. The number of nitrogens with zero attached hydrogens (tertiary/aromatic N) is 5. The third-order valence-electron chi connectivity index (χ3n) is 1.80. The van der Waals surface area contributed by atoms with Gasteiger partial charge in [-0.25, -0.2) is 9.67 Å². The molecule has 0 amide bonds. The normalized spacial score (nSPS) is 10.7. The lowest BCUT2D eigenvalue weighted by molar-refractivity contribution is 0.664. The Balaban J connectivity index is 2.10. The minimum Gasteiger partial charge on any atom is -0.239 e. The highest BCUT2D eigenvalue weighted by molar-refractivity contribution is 7.98. The fraction of sp³-hybridized carbons (Fsp3) is 0.250. The molecule has 0 saturated carbocycles. The summed E-state index contributed by atoms with van der Waals surface area (Å²) in [5, 5.41) is 12.8. The highest BCUT2D eigenvalue weighted by Crippen LogP contribution is 2.24. The first kappa shape index (κ1) is 11.6. The summed E-state index contributed by atoms with van der Waals surface area (Å²) in [7, 11) is 1.77. The Kier molecular flexibility index (Phi) is 3.63. The maximum atomic E-state index is 5.98. The maximum Gasteiger partial charge on any atom is 0.209 e. The molecule has 0 unspecified atom stereocenters. The quantitative estimate of drug-likeness (QED) is 0.635. The summed E-state index contributed by atoms with van der Waals surface area (Å²) < 4.78 is 1.59. The molecule has 0 fully saturated rings. The zero-order valence-corrected chi connectivity index (χ0v) is 10.6. The third kappa shape index (κ3) is 2.63. The van der Waals surface area contributed by atoms with Crippen LogP contribution in [0.5, 0.6) is 0 Å². The fourth-order valence-corrected chi connectivity index (χ4v) is 2.26. The lowest BCUT2D eigenvalue weighted by atomic mass is 10.4. The minimum atomic E-state index is 0.427. The largest absolute Gasteiger partial charge is 0.239 e. The molecule has 0 bridgehead atoms. The molecule has 0 saturated heterocycles. The van der Waals surface area contributed by atoms with Gasteiger partial charge in [0.25, 0.3) is 0 Å². The number of pyridine rings is 1. The van der Waals surface area contributed by atoms with Crippen molar-refractivity contribution < 1.29 is 0 Å². The molecular formula is C8H7Cl2N5S. The zero-order chi connectivity index (χ0) is 11.5. The summed E-state index contributed by atoms with van der Waals surface area (Å²) in [6.45, 7) is 0. The van der Waals surface area contributed by atoms with E-state index in [1.807, 2.05) is 0 Å². The van der Waals surface area contributed by atoms with E-state index in [-0.39, 0.29) is 0 Å². The SMILES string of the molecule is Cn1nnnc1SCc1nc(Cl)ccc1Cl. The Hall–Kier alpha value is -0.850. The Morgan fingerprint density at radius 3 is 2.88 bits per heavy atom. The number of tetrazole rings is 1.